The Kier molecular flexibility index (Phi) is 23.6. The molecule has 0 saturated carbocycles. The molecule has 0 fully saturated rings. The fourth-order valence-electron chi connectivity index (χ4n) is 4.89. The van der Waals surface area contributed by atoms with E-state index in [1.54, 1.807) is 18.4 Å². The molecule has 0 aliphatic rings. The Labute approximate surface area is 349 Å². The number of nitrogens with one attached hydrogen (secondary N) is 7. The smallest absolute Gasteiger partial charge is 0.327 e. The van der Waals surface area contributed by atoms with E-state index in [0.29, 0.717) is 17.5 Å². The van der Waals surface area contributed by atoms with Crippen LogP contribution in [0.1, 0.15) is 56.1 Å². The van der Waals surface area contributed by atoms with Crippen LogP contribution >= 0.6 is 21.6 Å². The van der Waals surface area contributed by atoms with E-state index in [1.807, 2.05) is 5.32 Å². The molecule has 0 heterocycles. The Bertz CT molecular complexity index is 1720. The topological polar surface area (TPSA) is 393 Å². The van der Waals surface area contributed by atoms with Gasteiger partial charge in [-0.2, -0.15) is 0 Å². The van der Waals surface area contributed by atoms with Crippen LogP contribution in [0.4, 0.5) is 9.59 Å². The number of benzene rings is 1. The molecule has 0 spiro atoms. The van der Waals surface area contributed by atoms with Gasteiger partial charge in [-0.15, -0.1) is 0 Å². The monoisotopic (exact) mass is 889 g/mol. The molecule has 332 valence electrons. The molecule has 0 unspecified atom stereocenters. The van der Waals surface area contributed by atoms with Gasteiger partial charge in [0.05, 0.1) is 19.3 Å². The second-order valence-electron chi connectivity index (χ2n) is 12.7. The summed E-state index contributed by atoms with van der Waals surface area (Å²) in [5, 5.41) is 71.0. The summed E-state index contributed by atoms with van der Waals surface area (Å²) in [6.45, 7) is 0.156. The minimum absolute atomic E-state index is 0.0395. The van der Waals surface area contributed by atoms with E-state index in [-0.39, 0.29) is 38.1 Å². The summed E-state index contributed by atoms with van der Waals surface area (Å²) in [4.78, 5) is 131. The minimum Gasteiger partial charge on any atom is -0.481 e. The van der Waals surface area contributed by atoms with Crippen molar-refractivity contribution in [3.63, 3.8) is 0 Å². The van der Waals surface area contributed by atoms with E-state index in [2.05, 4.69) is 31.9 Å². The number of urea groups is 2. The molecule has 7 amide bonds. The maximum absolute atomic E-state index is 13.0. The molecule has 1 rings (SSSR count). The molecule has 1 aromatic rings. The van der Waals surface area contributed by atoms with E-state index in [1.165, 1.54) is 22.9 Å². The molecule has 24 nitrogen and oxygen atoms in total. The van der Waals surface area contributed by atoms with E-state index in [4.69, 9.17) is 10.2 Å². The molecule has 0 aliphatic carbocycles. The number of carbonyl (C=O) groups is 11. The van der Waals surface area contributed by atoms with Gasteiger partial charge in [-0.25, -0.2) is 24.0 Å². The second-order valence-corrected chi connectivity index (χ2v) is 15.3. The summed E-state index contributed by atoms with van der Waals surface area (Å²) in [5.74, 6) is -11.9. The summed E-state index contributed by atoms with van der Waals surface area (Å²) in [6.07, 6.45) is -1.10. The summed E-state index contributed by atoms with van der Waals surface area (Å²) in [7, 11) is 2.32. The van der Waals surface area contributed by atoms with Crippen molar-refractivity contribution in [3.05, 3.63) is 35.4 Å². The van der Waals surface area contributed by atoms with E-state index < -0.39 is 121 Å². The van der Waals surface area contributed by atoms with Gasteiger partial charge in [0, 0.05) is 25.3 Å². The molecule has 0 saturated heterocycles. The molecular weight excluding hydrogens is 843 g/mol. The quantitative estimate of drug-likeness (QED) is 0.0331. The lowest BCUT2D eigenvalue weighted by atomic mass is 10.1. The fourth-order valence-corrected chi connectivity index (χ4v) is 6.20. The zero-order valence-electron chi connectivity index (χ0n) is 32.0. The molecule has 26 heteroatoms. The van der Waals surface area contributed by atoms with E-state index in [9.17, 15) is 73.2 Å². The number of carboxylic acid groups (broad SMARTS) is 6. The van der Waals surface area contributed by atoms with Crippen molar-refractivity contribution in [1.82, 2.24) is 37.2 Å². The molecule has 0 aromatic heterocycles. The molecule has 1 aromatic carbocycles. The van der Waals surface area contributed by atoms with Crippen molar-refractivity contribution in [2.45, 2.75) is 88.1 Å². The summed E-state index contributed by atoms with van der Waals surface area (Å²) < 4.78 is 0. The largest absolute Gasteiger partial charge is 0.481 e. The Morgan fingerprint density at radius 2 is 1.05 bits per heavy atom. The van der Waals surface area contributed by atoms with E-state index >= 15 is 0 Å². The standard InChI is InChI=1S/C34H47N7O17S2/c1-59-60-16-23(32(55)56)39-29(50)22(14-27(47)48)38-28(49)21(13-26(45)46)37-24(42)12-17-5-7-18(8-6-17)15-36-33(57)35-11-3-2-4-19(30(51)52)40-34(58)41-20(31(53)54)9-10-25(43)44/h5-8,19-23H,2-4,9-16H2,1H3,(H,37,42)(H,38,49)(H,39,50)(H,43,44)(H,45,46)(H,47,48)(H,51,52)(H,53,54)(H,55,56)(H2,35,36,57)(H2,40,41,58)/t19-,20-,21-,22-,23-/m0/s1. The van der Waals surface area contributed by atoms with Crippen LogP contribution in [0.25, 0.3) is 0 Å². The van der Waals surface area contributed by atoms with Gasteiger partial charge in [-0.3, -0.25) is 28.8 Å². The van der Waals surface area contributed by atoms with Crippen LogP contribution in [-0.4, -0.2) is 145 Å². The number of hydrogen-bond acceptors (Lipinski definition) is 13. The fraction of sp³-hybridized carbons (Fsp3) is 0.500. The Balaban J connectivity index is 2.65. The van der Waals surface area contributed by atoms with E-state index in [0.717, 1.165) is 10.8 Å². The first-order valence-corrected chi connectivity index (χ1v) is 20.5. The zero-order valence-corrected chi connectivity index (χ0v) is 33.6. The van der Waals surface area contributed by atoms with Crippen molar-refractivity contribution in [2.24, 2.45) is 0 Å². The Morgan fingerprint density at radius 1 is 0.550 bits per heavy atom. The number of aliphatic carboxylic acids is 6. The molecule has 13 N–H and O–H groups in total. The maximum Gasteiger partial charge on any atom is 0.327 e. The highest BCUT2D eigenvalue weighted by Crippen LogP contribution is 2.18. The average Bonchev–Trinajstić information content (AvgIpc) is 3.15. The zero-order chi connectivity index (χ0) is 45.4. The van der Waals surface area contributed by atoms with Crippen molar-refractivity contribution < 1.29 is 83.4 Å². The van der Waals surface area contributed by atoms with Crippen LogP contribution in [0.5, 0.6) is 0 Å². The second kappa shape index (κ2) is 27.4. The summed E-state index contributed by atoms with van der Waals surface area (Å²) in [6, 6.07) is -3.43. The van der Waals surface area contributed by atoms with Crippen LogP contribution < -0.4 is 37.2 Å². The molecular formula is C34H47N7O17S2. The molecule has 0 aliphatic heterocycles. The SMILES string of the molecule is CSSC[C@H](NC(=O)[C@H](CC(=O)O)NC(=O)[C@H](CC(=O)O)NC(=O)Cc1ccc(CNC(=O)NCCCC[C@H](NC(=O)N[C@@H](CCC(=O)O)C(=O)O)C(=O)O)cc1)C(=O)O. The van der Waals surface area contributed by atoms with Gasteiger partial charge in [0.15, 0.2) is 0 Å². The van der Waals surface area contributed by atoms with Gasteiger partial charge in [-0.1, -0.05) is 45.9 Å². The van der Waals surface area contributed by atoms with Gasteiger partial charge < -0.3 is 67.9 Å². The highest BCUT2D eigenvalue weighted by molar-refractivity contribution is 8.76. The molecule has 0 bridgehead atoms. The first kappa shape index (κ1) is 51.7. The van der Waals surface area contributed by atoms with Gasteiger partial charge in [0.25, 0.3) is 0 Å². The highest BCUT2D eigenvalue weighted by Gasteiger charge is 2.32. The Morgan fingerprint density at radius 3 is 1.55 bits per heavy atom. The van der Waals surface area contributed by atoms with Crippen LogP contribution in [0.3, 0.4) is 0 Å². The van der Waals surface area contributed by atoms with Crippen LogP contribution in [0, 0.1) is 0 Å². The number of carbonyl (C=O) groups excluding carboxylic acids is 5. The van der Waals surface area contributed by atoms with Crippen molar-refractivity contribution >= 4 is 87.2 Å². The number of unbranched alkanes of at least 4 members (excludes halogenated alkanes) is 1. The Hall–Kier alpha value is -6.31. The first-order chi connectivity index (χ1) is 28.2. The molecule has 60 heavy (non-hydrogen) atoms. The lowest BCUT2D eigenvalue weighted by molar-refractivity contribution is -0.144. The van der Waals surface area contributed by atoms with Gasteiger partial charge in [0.1, 0.15) is 30.2 Å². The van der Waals surface area contributed by atoms with Crippen LogP contribution in [0.2, 0.25) is 0 Å². The van der Waals surface area contributed by atoms with Gasteiger partial charge in [0.2, 0.25) is 17.7 Å². The van der Waals surface area contributed by atoms with Crippen molar-refractivity contribution in [3.8, 4) is 0 Å². The third-order valence-corrected chi connectivity index (χ3v) is 9.73. The number of carboxylic acids is 6. The lowest BCUT2D eigenvalue weighted by Gasteiger charge is -2.23. The predicted molar refractivity (Wildman–Crippen MR) is 210 cm³/mol. The lowest BCUT2D eigenvalue weighted by Crippen LogP contribution is -2.57. The minimum atomic E-state index is -1.81. The summed E-state index contributed by atoms with van der Waals surface area (Å²) >= 11 is 0. The normalized spacial score (nSPS) is 13.1. The number of rotatable bonds is 29. The first-order valence-electron chi connectivity index (χ1n) is 17.8. The van der Waals surface area contributed by atoms with Crippen LogP contribution in [-0.2, 0) is 56.1 Å². The molecule has 0 radical (unpaired) electrons. The highest BCUT2D eigenvalue weighted by atomic mass is 33.1. The molecule has 5 atom stereocenters. The van der Waals surface area contributed by atoms with Crippen LogP contribution in [0.15, 0.2) is 24.3 Å². The number of amides is 7. The van der Waals surface area contributed by atoms with Gasteiger partial charge >= 0.3 is 47.9 Å². The maximum atomic E-state index is 13.0. The predicted octanol–water partition coefficient (Wildman–Crippen LogP) is -1.23. The third-order valence-electron chi connectivity index (χ3n) is 7.91. The summed E-state index contributed by atoms with van der Waals surface area (Å²) in [5.41, 5.74) is 1.01. The number of hydrogen-bond donors (Lipinski definition) is 13. The van der Waals surface area contributed by atoms with Crippen molar-refractivity contribution in [1.29, 1.82) is 0 Å². The van der Waals surface area contributed by atoms with Crippen molar-refractivity contribution in [2.75, 3.05) is 18.6 Å². The van der Waals surface area contributed by atoms with Gasteiger partial charge in [-0.05, 0) is 43.1 Å². The third kappa shape index (κ3) is 22.0. The average molecular weight is 890 g/mol.